The molecule has 0 aromatic carbocycles. The number of esters is 1. The summed E-state index contributed by atoms with van der Waals surface area (Å²) in [6.45, 7) is 2.53. The molecular weight excluding hydrogens is 268 g/mol. The molecule has 0 N–H and O–H groups in total. The van der Waals surface area contributed by atoms with Crippen LogP contribution in [0.2, 0.25) is 0 Å². The number of carbonyl (C=O) groups is 1. The van der Waals surface area contributed by atoms with Gasteiger partial charge in [-0.15, -0.1) is 0 Å². The molecule has 2 aliphatic rings. The number of aromatic nitrogens is 1. The number of fused-ring (bicyclic) bond motifs is 1. The van der Waals surface area contributed by atoms with Crippen molar-refractivity contribution in [3.05, 3.63) is 27.7 Å². The number of anilines is 1. The van der Waals surface area contributed by atoms with Crippen molar-refractivity contribution in [3.63, 3.8) is 0 Å². The summed E-state index contributed by atoms with van der Waals surface area (Å²) < 4.78 is 6.75. The maximum atomic E-state index is 12.4. The van der Waals surface area contributed by atoms with E-state index in [9.17, 15) is 9.59 Å². The first-order valence-corrected chi connectivity index (χ1v) is 7.82. The average Bonchev–Trinajstić information content (AvgIpc) is 2.55. The topological polar surface area (TPSA) is 51.5 Å². The van der Waals surface area contributed by atoms with E-state index >= 15 is 0 Å². The van der Waals surface area contributed by atoms with Crippen LogP contribution >= 0.6 is 0 Å². The van der Waals surface area contributed by atoms with Gasteiger partial charge in [0.1, 0.15) is 5.56 Å². The molecule has 0 amide bonds. The van der Waals surface area contributed by atoms with Gasteiger partial charge < -0.3 is 14.2 Å². The van der Waals surface area contributed by atoms with E-state index in [0.717, 1.165) is 56.6 Å². The standard InChI is InChI=1S/C16H22N2O3/c1-21-16(20)15-12-7-3-6-10-18(12)14(19)11-13(15)17-8-4-2-5-9-17/h11H,2-10H2,1H3. The van der Waals surface area contributed by atoms with Crippen molar-refractivity contribution in [3.8, 4) is 0 Å². The van der Waals surface area contributed by atoms with Crippen LogP contribution in [-0.4, -0.2) is 30.7 Å². The van der Waals surface area contributed by atoms with Gasteiger partial charge in [0.2, 0.25) is 0 Å². The van der Waals surface area contributed by atoms with Crippen LogP contribution in [0.15, 0.2) is 10.9 Å². The van der Waals surface area contributed by atoms with Gasteiger partial charge in [-0.05, 0) is 38.5 Å². The molecule has 114 valence electrons. The lowest BCUT2D eigenvalue weighted by molar-refractivity contribution is 0.0598. The number of hydrogen-bond acceptors (Lipinski definition) is 4. The highest BCUT2D eigenvalue weighted by Gasteiger charge is 2.27. The minimum absolute atomic E-state index is 0.0120. The van der Waals surface area contributed by atoms with Gasteiger partial charge in [0, 0.05) is 31.4 Å². The first-order chi connectivity index (χ1) is 10.2. The molecule has 1 saturated heterocycles. The van der Waals surface area contributed by atoms with Gasteiger partial charge in [-0.25, -0.2) is 4.79 Å². The second kappa shape index (κ2) is 5.92. The van der Waals surface area contributed by atoms with Gasteiger partial charge in [-0.3, -0.25) is 4.79 Å². The van der Waals surface area contributed by atoms with E-state index in [2.05, 4.69) is 4.90 Å². The van der Waals surface area contributed by atoms with Crippen molar-refractivity contribution in [2.75, 3.05) is 25.1 Å². The van der Waals surface area contributed by atoms with Gasteiger partial charge in [0.25, 0.3) is 5.56 Å². The van der Waals surface area contributed by atoms with Crippen LogP contribution in [0, 0.1) is 0 Å². The second-order valence-electron chi connectivity index (χ2n) is 5.84. The lowest BCUT2D eigenvalue weighted by atomic mass is 10.00. The average molecular weight is 290 g/mol. The van der Waals surface area contributed by atoms with Crippen molar-refractivity contribution >= 4 is 11.7 Å². The van der Waals surface area contributed by atoms with Gasteiger partial charge in [0.15, 0.2) is 0 Å². The Hall–Kier alpha value is -1.78. The fourth-order valence-electron chi connectivity index (χ4n) is 3.46. The Balaban J connectivity index is 2.15. The molecule has 0 atom stereocenters. The molecule has 21 heavy (non-hydrogen) atoms. The summed E-state index contributed by atoms with van der Waals surface area (Å²) in [7, 11) is 1.41. The van der Waals surface area contributed by atoms with Gasteiger partial charge in [-0.1, -0.05) is 0 Å². The summed E-state index contributed by atoms with van der Waals surface area (Å²) in [5.41, 5.74) is 2.26. The Morgan fingerprint density at radius 1 is 1.10 bits per heavy atom. The molecule has 5 heteroatoms. The summed E-state index contributed by atoms with van der Waals surface area (Å²) in [4.78, 5) is 26.8. The summed E-state index contributed by atoms with van der Waals surface area (Å²) in [6.07, 6.45) is 6.23. The zero-order valence-electron chi connectivity index (χ0n) is 12.6. The number of nitrogens with zero attached hydrogens (tertiary/aromatic N) is 2. The quantitative estimate of drug-likeness (QED) is 0.781. The molecule has 0 radical (unpaired) electrons. The van der Waals surface area contributed by atoms with E-state index in [1.165, 1.54) is 13.5 Å². The molecule has 0 saturated carbocycles. The third-order valence-corrected chi connectivity index (χ3v) is 4.53. The number of pyridine rings is 1. The van der Waals surface area contributed by atoms with E-state index in [0.29, 0.717) is 12.1 Å². The molecule has 2 aliphatic heterocycles. The van der Waals surface area contributed by atoms with Crippen molar-refractivity contribution in [1.29, 1.82) is 0 Å². The molecule has 0 aliphatic carbocycles. The normalized spacial score (nSPS) is 18.2. The van der Waals surface area contributed by atoms with Crippen molar-refractivity contribution in [2.24, 2.45) is 0 Å². The van der Waals surface area contributed by atoms with Crippen LogP contribution < -0.4 is 10.5 Å². The minimum atomic E-state index is -0.318. The predicted octanol–water partition coefficient (Wildman–Crippen LogP) is 1.96. The fraction of sp³-hybridized carbons (Fsp3) is 0.625. The molecule has 3 heterocycles. The zero-order chi connectivity index (χ0) is 14.8. The zero-order valence-corrected chi connectivity index (χ0v) is 12.6. The Kier molecular flexibility index (Phi) is 3.99. The van der Waals surface area contributed by atoms with E-state index in [1.807, 2.05) is 0 Å². The number of rotatable bonds is 2. The molecule has 1 aromatic heterocycles. The molecule has 1 fully saturated rings. The van der Waals surface area contributed by atoms with Gasteiger partial charge in [-0.2, -0.15) is 0 Å². The maximum absolute atomic E-state index is 12.4. The molecule has 3 rings (SSSR count). The van der Waals surface area contributed by atoms with Gasteiger partial charge in [0.05, 0.1) is 12.8 Å². The molecule has 0 spiro atoms. The highest BCUT2D eigenvalue weighted by atomic mass is 16.5. The summed E-state index contributed by atoms with van der Waals surface area (Å²) in [5, 5.41) is 0. The Morgan fingerprint density at radius 3 is 2.52 bits per heavy atom. The highest BCUT2D eigenvalue weighted by Crippen LogP contribution is 2.28. The third kappa shape index (κ3) is 2.57. The first kappa shape index (κ1) is 14.2. The van der Waals surface area contributed by atoms with E-state index < -0.39 is 0 Å². The largest absolute Gasteiger partial charge is 0.465 e. The Labute approximate surface area is 124 Å². The lowest BCUT2D eigenvalue weighted by Gasteiger charge is -2.32. The van der Waals surface area contributed by atoms with Crippen molar-refractivity contribution in [2.45, 2.75) is 45.1 Å². The SMILES string of the molecule is COC(=O)c1c(N2CCCCC2)cc(=O)n2c1CCCC2. The number of ether oxygens (including phenoxy) is 1. The maximum Gasteiger partial charge on any atom is 0.341 e. The van der Waals surface area contributed by atoms with Crippen molar-refractivity contribution < 1.29 is 9.53 Å². The Bertz CT molecular complexity index is 600. The summed E-state index contributed by atoms with van der Waals surface area (Å²) in [6, 6.07) is 1.63. The monoisotopic (exact) mass is 290 g/mol. The number of piperidine rings is 1. The van der Waals surface area contributed by atoms with Crippen LogP contribution in [0.3, 0.4) is 0 Å². The van der Waals surface area contributed by atoms with E-state index in [4.69, 9.17) is 4.74 Å². The van der Waals surface area contributed by atoms with Crippen LogP contribution in [-0.2, 0) is 17.7 Å². The van der Waals surface area contributed by atoms with Crippen LogP contribution in [0.1, 0.15) is 48.2 Å². The lowest BCUT2D eigenvalue weighted by Crippen LogP contribution is -2.36. The van der Waals surface area contributed by atoms with Gasteiger partial charge >= 0.3 is 5.97 Å². The predicted molar refractivity (Wildman–Crippen MR) is 81.0 cm³/mol. The fourth-order valence-corrected chi connectivity index (χ4v) is 3.46. The van der Waals surface area contributed by atoms with Crippen LogP contribution in [0.25, 0.3) is 0 Å². The molecule has 1 aromatic rings. The highest BCUT2D eigenvalue weighted by molar-refractivity contribution is 5.97. The third-order valence-electron chi connectivity index (χ3n) is 4.53. The van der Waals surface area contributed by atoms with Crippen LogP contribution in [0.4, 0.5) is 5.69 Å². The summed E-state index contributed by atoms with van der Waals surface area (Å²) >= 11 is 0. The minimum Gasteiger partial charge on any atom is -0.465 e. The molecule has 0 unspecified atom stereocenters. The number of hydrogen-bond donors (Lipinski definition) is 0. The second-order valence-corrected chi connectivity index (χ2v) is 5.84. The first-order valence-electron chi connectivity index (χ1n) is 7.82. The Morgan fingerprint density at radius 2 is 1.81 bits per heavy atom. The molecule has 0 bridgehead atoms. The van der Waals surface area contributed by atoms with E-state index in [-0.39, 0.29) is 11.5 Å². The van der Waals surface area contributed by atoms with Crippen LogP contribution in [0.5, 0.6) is 0 Å². The number of carbonyl (C=O) groups excluding carboxylic acids is 1. The van der Waals surface area contributed by atoms with E-state index in [1.54, 1.807) is 10.6 Å². The summed E-state index contributed by atoms with van der Waals surface area (Å²) in [5.74, 6) is -0.318. The van der Waals surface area contributed by atoms with Crippen molar-refractivity contribution in [1.82, 2.24) is 4.57 Å². The molecule has 5 nitrogen and oxygen atoms in total. The molecular formula is C16H22N2O3. The smallest absolute Gasteiger partial charge is 0.341 e. The number of methoxy groups -OCH3 is 1.